The van der Waals surface area contributed by atoms with Crippen molar-refractivity contribution in [1.29, 1.82) is 0 Å². The van der Waals surface area contributed by atoms with Gasteiger partial charge in [0.25, 0.3) is 0 Å². The van der Waals surface area contributed by atoms with Gasteiger partial charge in [0, 0.05) is 12.7 Å². The third kappa shape index (κ3) is 8.22. The number of carbonyl (C=O) groups is 2. The average molecular weight is 371 g/mol. The fourth-order valence-electron chi connectivity index (χ4n) is 2.09. The van der Waals surface area contributed by atoms with E-state index < -0.39 is 17.8 Å². The molecular weight excluding hydrogens is 346 g/mol. The predicted octanol–water partition coefficient (Wildman–Crippen LogP) is 3.53. The van der Waals surface area contributed by atoms with Gasteiger partial charge in [-0.2, -0.15) is 0 Å². The van der Waals surface area contributed by atoms with Crippen LogP contribution in [0.1, 0.15) is 37.6 Å². The van der Waals surface area contributed by atoms with Gasteiger partial charge in [-0.15, -0.1) is 0 Å². The zero-order valence-electron chi connectivity index (χ0n) is 15.8. The van der Waals surface area contributed by atoms with Crippen LogP contribution in [0, 0.1) is 0 Å². The van der Waals surface area contributed by atoms with Gasteiger partial charge in [-0.3, -0.25) is 4.98 Å². The molecule has 2 rings (SSSR count). The molecule has 7 nitrogen and oxygen atoms in total. The maximum atomic E-state index is 11.7. The zero-order valence-corrected chi connectivity index (χ0v) is 15.8. The molecule has 27 heavy (non-hydrogen) atoms. The van der Waals surface area contributed by atoms with Crippen LogP contribution in [-0.2, 0) is 29.2 Å². The van der Waals surface area contributed by atoms with Gasteiger partial charge in [0.15, 0.2) is 0 Å². The van der Waals surface area contributed by atoms with Gasteiger partial charge < -0.3 is 20.1 Å². The van der Waals surface area contributed by atoms with E-state index in [4.69, 9.17) is 9.47 Å². The number of alkyl carbamates (subject to hydrolysis) is 2. The summed E-state index contributed by atoms with van der Waals surface area (Å²) < 4.78 is 10.3. The van der Waals surface area contributed by atoms with Crippen LogP contribution >= 0.6 is 0 Å². The lowest BCUT2D eigenvalue weighted by atomic mass is 10.2. The lowest BCUT2D eigenvalue weighted by Crippen LogP contribution is -2.32. The van der Waals surface area contributed by atoms with E-state index >= 15 is 0 Å². The van der Waals surface area contributed by atoms with E-state index in [-0.39, 0.29) is 13.2 Å². The first kappa shape index (κ1) is 20.2. The van der Waals surface area contributed by atoms with Crippen molar-refractivity contribution < 1.29 is 19.1 Å². The third-order valence-corrected chi connectivity index (χ3v) is 3.35. The van der Waals surface area contributed by atoms with Gasteiger partial charge >= 0.3 is 12.2 Å². The van der Waals surface area contributed by atoms with Crippen LogP contribution in [0.25, 0.3) is 0 Å². The maximum absolute atomic E-state index is 11.7. The molecule has 1 aromatic carbocycles. The van der Waals surface area contributed by atoms with E-state index in [1.807, 2.05) is 36.4 Å². The predicted molar refractivity (Wildman–Crippen MR) is 101 cm³/mol. The van der Waals surface area contributed by atoms with Crippen molar-refractivity contribution in [1.82, 2.24) is 15.6 Å². The summed E-state index contributed by atoms with van der Waals surface area (Å²) in [4.78, 5) is 27.6. The number of benzene rings is 1. The molecule has 0 unspecified atom stereocenters. The highest BCUT2D eigenvalue weighted by atomic mass is 16.6. The van der Waals surface area contributed by atoms with Crippen LogP contribution in [0.4, 0.5) is 9.59 Å². The molecule has 7 heteroatoms. The Bertz CT molecular complexity index is 740. The van der Waals surface area contributed by atoms with E-state index in [1.165, 1.54) is 0 Å². The minimum absolute atomic E-state index is 0.218. The molecule has 0 atom stereocenters. The summed E-state index contributed by atoms with van der Waals surface area (Å²) in [5, 5.41) is 5.32. The molecule has 0 aliphatic carbocycles. The number of hydrogen-bond acceptors (Lipinski definition) is 5. The van der Waals surface area contributed by atoms with E-state index in [1.54, 1.807) is 33.0 Å². The van der Waals surface area contributed by atoms with Crippen LogP contribution in [-0.4, -0.2) is 22.8 Å². The summed E-state index contributed by atoms with van der Waals surface area (Å²) in [5.74, 6) is 0. The van der Waals surface area contributed by atoms with E-state index in [9.17, 15) is 9.59 Å². The van der Waals surface area contributed by atoms with E-state index in [2.05, 4.69) is 15.6 Å². The highest BCUT2D eigenvalue weighted by Gasteiger charge is 2.15. The molecular formula is C20H25N3O4. The van der Waals surface area contributed by atoms with Crippen LogP contribution in [0.15, 0.2) is 48.7 Å². The van der Waals surface area contributed by atoms with Crippen molar-refractivity contribution >= 4 is 12.2 Å². The summed E-state index contributed by atoms with van der Waals surface area (Å²) >= 11 is 0. The molecule has 1 aromatic heterocycles. The Kier molecular flexibility index (Phi) is 7.16. The number of hydrogen-bond donors (Lipinski definition) is 2. The molecule has 2 amide bonds. The average Bonchev–Trinajstić information content (AvgIpc) is 2.63. The molecule has 0 spiro atoms. The molecule has 0 saturated carbocycles. The Labute approximate surface area is 159 Å². The topological polar surface area (TPSA) is 89.6 Å². The van der Waals surface area contributed by atoms with Gasteiger partial charge in [-0.25, -0.2) is 9.59 Å². The summed E-state index contributed by atoms with van der Waals surface area (Å²) in [6.07, 6.45) is 0.662. The Balaban J connectivity index is 1.70. The van der Waals surface area contributed by atoms with Crippen molar-refractivity contribution in [3.8, 4) is 0 Å². The van der Waals surface area contributed by atoms with Crippen LogP contribution < -0.4 is 10.6 Å². The highest BCUT2D eigenvalue weighted by molar-refractivity contribution is 5.67. The Morgan fingerprint density at radius 1 is 0.926 bits per heavy atom. The standard InChI is InChI=1S/C20H25N3O4/c1-20(2,3)27-19(25)22-12-16-9-10-17(21-11-16)13-23-18(24)26-14-15-7-5-4-6-8-15/h4-11H,12-14H2,1-3H3,(H,22,25)(H,23,24). The van der Waals surface area contributed by atoms with Crippen molar-refractivity contribution in [3.05, 3.63) is 65.5 Å². The largest absolute Gasteiger partial charge is 0.445 e. The second-order valence-electron chi connectivity index (χ2n) is 6.93. The first-order valence-electron chi connectivity index (χ1n) is 8.67. The van der Waals surface area contributed by atoms with Crippen molar-refractivity contribution in [3.63, 3.8) is 0 Å². The quantitative estimate of drug-likeness (QED) is 0.811. The molecule has 2 aromatic rings. The van der Waals surface area contributed by atoms with Crippen LogP contribution in [0.5, 0.6) is 0 Å². The maximum Gasteiger partial charge on any atom is 0.407 e. The Morgan fingerprint density at radius 3 is 2.26 bits per heavy atom. The second-order valence-corrected chi connectivity index (χ2v) is 6.93. The number of pyridine rings is 1. The van der Waals surface area contributed by atoms with Gasteiger partial charge in [0.2, 0.25) is 0 Å². The number of ether oxygens (including phenoxy) is 2. The summed E-state index contributed by atoms with van der Waals surface area (Å²) in [7, 11) is 0. The van der Waals surface area contributed by atoms with Crippen molar-refractivity contribution in [2.75, 3.05) is 0 Å². The summed E-state index contributed by atoms with van der Waals surface area (Å²) in [6.45, 7) is 6.21. The molecule has 1 heterocycles. The molecule has 144 valence electrons. The van der Waals surface area contributed by atoms with Gasteiger partial charge in [0.1, 0.15) is 12.2 Å². The van der Waals surface area contributed by atoms with Gasteiger partial charge in [-0.05, 0) is 38.0 Å². The highest BCUT2D eigenvalue weighted by Crippen LogP contribution is 2.07. The number of nitrogens with zero attached hydrogens (tertiary/aromatic N) is 1. The van der Waals surface area contributed by atoms with Gasteiger partial charge in [-0.1, -0.05) is 36.4 Å². The van der Waals surface area contributed by atoms with Crippen molar-refractivity contribution in [2.24, 2.45) is 0 Å². The monoisotopic (exact) mass is 371 g/mol. The number of nitrogens with one attached hydrogen (secondary N) is 2. The molecule has 0 saturated heterocycles. The second kappa shape index (κ2) is 9.56. The number of carbonyl (C=O) groups excluding carboxylic acids is 2. The smallest absolute Gasteiger partial charge is 0.407 e. The fourth-order valence-corrected chi connectivity index (χ4v) is 2.09. The van der Waals surface area contributed by atoms with Gasteiger partial charge in [0.05, 0.1) is 12.2 Å². The Hall–Kier alpha value is -3.09. The summed E-state index contributed by atoms with van der Waals surface area (Å²) in [6, 6.07) is 13.1. The normalized spacial score (nSPS) is 10.8. The van der Waals surface area contributed by atoms with E-state index in [0.29, 0.717) is 12.2 Å². The Morgan fingerprint density at radius 2 is 1.63 bits per heavy atom. The number of aromatic nitrogens is 1. The summed E-state index contributed by atoms with van der Waals surface area (Å²) in [5.41, 5.74) is 1.91. The molecule has 0 bridgehead atoms. The zero-order chi connectivity index (χ0) is 19.7. The third-order valence-electron chi connectivity index (χ3n) is 3.35. The molecule has 0 radical (unpaired) electrons. The van der Waals surface area contributed by atoms with Crippen LogP contribution in [0.3, 0.4) is 0 Å². The number of rotatable bonds is 6. The number of amides is 2. The lowest BCUT2D eigenvalue weighted by molar-refractivity contribution is 0.0523. The molecule has 0 fully saturated rings. The fraction of sp³-hybridized carbons (Fsp3) is 0.350. The molecule has 0 aliphatic rings. The lowest BCUT2D eigenvalue weighted by Gasteiger charge is -2.19. The SMILES string of the molecule is CC(C)(C)OC(=O)NCc1ccc(CNC(=O)OCc2ccccc2)nc1. The first-order chi connectivity index (χ1) is 12.8. The minimum atomic E-state index is -0.535. The van der Waals surface area contributed by atoms with E-state index in [0.717, 1.165) is 11.1 Å². The molecule has 2 N–H and O–H groups in total. The minimum Gasteiger partial charge on any atom is -0.445 e. The first-order valence-corrected chi connectivity index (χ1v) is 8.67. The van der Waals surface area contributed by atoms with Crippen LogP contribution in [0.2, 0.25) is 0 Å². The molecule has 0 aliphatic heterocycles. The van der Waals surface area contributed by atoms with Crippen molar-refractivity contribution in [2.45, 2.75) is 46.1 Å².